The van der Waals surface area contributed by atoms with E-state index < -0.39 is 24.8 Å². The molecule has 0 fully saturated rings. The molecule has 0 radical (unpaired) electrons. The molecule has 0 saturated carbocycles. The van der Waals surface area contributed by atoms with Crippen LogP contribution in [0.15, 0.2) is 46.7 Å². The van der Waals surface area contributed by atoms with Gasteiger partial charge in [0.1, 0.15) is 6.10 Å². The average Bonchev–Trinajstić information content (AvgIpc) is 2.91. The number of amides is 1. The fourth-order valence-corrected chi connectivity index (χ4v) is 4.26. The van der Waals surface area contributed by atoms with Crippen molar-refractivity contribution in [3.63, 3.8) is 0 Å². The number of hydrogen-bond acceptors (Lipinski definition) is 5. The quantitative estimate of drug-likeness (QED) is 0.664. The topological polar surface area (TPSA) is 79.7 Å². The number of Topliss-reactive ketones (excluding diaryl/α,β-unsaturated/α-hetero) is 1. The first-order valence-electron chi connectivity index (χ1n) is 10.6. The summed E-state index contributed by atoms with van der Waals surface area (Å²) in [6, 6.07) is 1.65. The van der Waals surface area contributed by atoms with Gasteiger partial charge >= 0.3 is 6.18 Å². The van der Waals surface area contributed by atoms with Crippen LogP contribution in [-0.4, -0.2) is 52.1 Å². The van der Waals surface area contributed by atoms with E-state index in [2.05, 4.69) is 4.98 Å². The van der Waals surface area contributed by atoms with E-state index in [0.29, 0.717) is 23.1 Å². The van der Waals surface area contributed by atoms with Gasteiger partial charge in [-0.05, 0) is 50.0 Å². The molecule has 1 aliphatic carbocycles. The van der Waals surface area contributed by atoms with Gasteiger partial charge in [0.25, 0.3) is 5.91 Å². The highest BCUT2D eigenvalue weighted by Crippen LogP contribution is 2.37. The molecule has 1 aromatic heterocycles. The van der Waals surface area contributed by atoms with Crippen molar-refractivity contribution in [1.29, 1.82) is 0 Å². The molecule has 0 spiro atoms. The summed E-state index contributed by atoms with van der Waals surface area (Å²) in [5, 5.41) is 9.79. The molecule has 2 unspecified atom stereocenters. The summed E-state index contributed by atoms with van der Waals surface area (Å²) in [4.78, 5) is 31.2. The fraction of sp³-hybridized carbons (Fsp3) is 0.458. The second-order valence-electron chi connectivity index (χ2n) is 8.52. The molecule has 1 amide bonds. The second kappa shape index (κ2) is 9.51. The average molecular weight is 464 g/mol. The molecule has 2 heterocycles. The smallest absolute Gasteiger partial charge is 0.422 e. The highest BCUT2D eigenvalue weighted by Gasteiger charge is 2.36. The molecule has 2 aliphatic rings. The van der Waals surface area contributed by atoms with E-state index >= 15 is 0 Å². The molecule has 1 N–H and O–H groups in total. The Morgan fingerprint density at radius 2 is 2.00 bits per heavy atom. The van der Waals surface area contributed by atoms with Crippen LogP contribution in [0.1, 0.15) is 38.3 Å². The minimum Gasteiger partial charge on any atom is -0.468 e. The predicted molar refractivity (Wildman–Crippen MR) is 115 cm³/mol. The van der Waals surface area contributed by atoms with Gasteiger partial charge in [0, 0.05) is 36.3 Å². The van der Waals surface area contributed by atoms with Crippen molar-refractivity contribution in [2.24, 2.45) is 5.92 Å². The molecule has 9 heteroatoms. The molecule has 0 bridgehead atoms. The van der Waals surface area contributed by atoms with Crippen LogP contribution in [0.25, 0.3) is 0 Å². The largest absolute Gasteiger partial charge is 0.468 e. The zero-order valence-corrected chi connectivity index (χ0v) is 19.0. The van der Waals surface area contributed by atoms with Gasteiger partial charge in [-0.25, -0.2) is 4.98 Å². The maximum atomic E-state index is 13.1. The molecule has 6 nitrogen and oxygen atoms in total. The third-order valence-corrected chi connectivity index (χ3v) is 5.79. The van der Waals surface area contributed by atoms with E-state index in [1.54, 1.807) is 30.9 Å². The number of alkyl halides is 3. The van der Waals surface area contributed by atoms with Crippen molar-refractivity contribution in [3.8, 4) is 5.88 Å². The number of nitrogens with zero attached hydrogens (tertiary/aromatic N) is 2. The Morgan fingerprint density at radius 1 is 1.30 bits per heavy atom. The molecular formula is C24H27F3N2O4. The number of allylic oxidation sites excluding steroid dienone is 2. The Hall–Kier alpha value is -2.94. The van der Waals surface area contributed by atoms with Crippen molar-refractivity contribution in [1.82, 2.24) is 9.88 Å². The summed E-state index contributed by atoms with van der Waals surface area (Å²) in [5.74, 6) is -1.16. The minimum absolute atomic E-state index is 0.105. The molecule has 0 saturated heterocycles. The van der Waals surface area contributed by atoms with Crippen LogP contribution in [0.2, 0.25) is 0 Å². The maximum absolute atomic E-state index is 13.1. The van der Waals surface area contributed by atoms with E-state index in [-0.39, 0.29) is 30.7 Å². The number of aryl methyl sites for hydroxylation is 1. The Balaban J connectivity index is 1.81. The van der Waals surface area contributed by atoms with E-state index in [1.807, 2.05) is 13.0 Å². The van der Waals surface area contributed by atoms with Crippen LogP contribution in [0.3, 0.4) is 0 Å². The Kier molecular flexibility index (Phi) is 7.11. The van der Waals surface area contributed by atoms with Gasteiger partial charge in [-0.15, -0.1) is 0 Å². The number of carbonyl (C=O) groups excluding carboxylic acids is 2. The number of pyridine rings is 1. The number of hydrogen-bond donors (Lipinski definition) is 1. The van der Waals surface area contributed by atoms with Crippen LogP contribution in [0, 0.1) is 12.8 Å². The van der Waals surface area contributed by atoms with Gasteiger partial charge in [-0.3, -0.25) is 9.59 Å². The molecule has 33 heavy (non-hydrogen) atoms. The zero-order chi connectivity index (χ0) is 24.5. The lowest BCUT2D eigenvalue weighted by Crippen LogP contribution is -2.29. The van der Waals surface area contributed by atoms with Crippen molar-refractivity contribution in [2.45, 2.75) is 52.9 Å². The number of aliphatic hydroxyl groups is 1. The number of halogens is 3. The lowest BCUT2D eigenvalue weighted by molar-refractivity contribution is -0.154. The monoisotopic (exact) mass is 464 g/mol. The summed E-state index contributed by atoms with van der Waals surface area (Å²) in [6.45, 7) is 5.75. The summed E-state index contributed by atoms with van der Waals surface area (Å²) in [5.41, 5.74) is 4.12. The number of ketones is 1. The Morgan fingerprint density at radius 3 is 2.61 bits per heavy atom. The number of ether oxygens (including phenoxy) is 1. The third kappa shape index (κ3) is 5.52. The number of rotatable bonds is 7. The van der Waals surface area contributed by atoms with Crippen LogP contribution in [0.4, 0.5) is 13.2 Å². The lowest BCUT2D eigenvalue weighted by atomic mass is 9.84. The van der Waals surface area contributed by atoms with Gasteiger partial charge in [-0.1, -0.05) is 24.6 Å². The first kappa shape index (κ1) is 24.7. The van der Waals surface area contributed by atoms with Crippen molar-refractivity contribution in [3.05, 3.63) is 57.8 Å². The summed E-state index contributed by atoms with van der Waals surface area (Å²) < 4.78 is 42.0. The first-order valence-corrected chi connectivity index (χ1v) is 10.6. The molecule has 178 valence electrons. The number of aliphatic hydroxyl groups excluding tert-OH is 1. The van der Waals surface area contributed by atoms with Crippen LogP contribution in [0.5, 0.6) is 5.88 Å². The maximum Gasteiger partial charge on any atom is 0.422 e. The van der Waals surface area contributed by atoms with Crippen LogP contribution >= 0.6 is 0 Å². The highest BCUT2D eigenvalue weighted by molar-refractivity contribution is 6.02. The molecular weight excluding hydrogens is 437 g/mol. The summed E-state index contributed by atoms with van der Waals surface area (Å²) in [6.07, 6.45) is 0.0905. The van der Waals surface area contributed by atoms with Crippen molar-refractivity contribution >= 4 is 11.7 Å². The fourth-order valence-electron chi connectivity index (χ4n) is 4.26. The van der Waals surface area contributed by atoms with Crippen molar-refractivity contribution in [2.75, 3.05) is 13.2 Å². The summed E-state index contributed by atoms with van der Waals surface area (Å²) in [7, 11) is 0. The molecule has 0 aromatic carbocycles. The molecule has 2 atom stereocenters. The zero-order valence-electron chi connectivity index (χ0n) is 19.0. The normalized spacial score (nSPS) is 18.4. The molecule has 3 rings (SSSR count). The first-order chi connectivity index (χ1) is 15.4. The number of carbonyl (C=O) groups is 2. The number of aromatic nitrogens is 1. The standard InChI is InChI=1S/C24H27F3N2O4/c1-13-6-5-7-18-19(20(13)15(3)21(31)16(4)30)11-29(23(18)32)10-17-8-14(2)22(28-9-17)33-12-24(25,26)27/h5,7-9,15-16,30H,6,10-12H2,1-4H3. The van der Waals surface area contributed by atoms with Gasteiger partial charge in [-0.2, -0.15) is 13.2 Å². The van der Waals surface area contributed by atoms with Gasteiger partial charge in [0.05, 0.1) is 0 Å². The second-order valence-corrected chi connectivity index (χ2v) is 8.52. The van der Waals surface area contributed by atoms with Crippen molar-refractivity contribution < 1.29 is 32.6 Å². The SMILES string of the molecule is CC1=C(C(C)C(=O)C(C)O)C2=C(C=CC1)C(=O)N(Cc1cnc(OCC(F)(F)F)c(C)c1)C2. The van der Waals surface area contributed by atoms with Crippen LogP contribution in [-0.2, 0) is 16.1 Å². The van der Waals surface area contributed by atoms with E-state index in [4.69, 9.17) is 4.74 Å². The Bertz CT molecular complexity index is 1050. The van der Waals surface area contributed by atoms with Gasteiger partial charge in [0.15, 0.2) is 12.4 Å². The minimum atomic E-state index is -4.46. The lowest BCUT2D eigenvalue weighted by Gasteiger charge is -2.22. The van der Waals surface area contributed by atoms with E-state index in [0.717, 1.165) is 16.7 Å². The van der Waals surface area contributed by atoms with E-state index in [1.165, 1.54) is 13.1 Å². The van der Waals surface area contributed by atoms with Crippen LogP contribution < -0.4 is 4.74 Å². The van der Waals surface area contributed by atoms with E-state index in [9.17, 15) is 27.9 Å². The van der Waals surface area contributed by atoms with Gasteiger partial charge < -0.3 is 14.7 Å². The highest BCUT2D eigenvalue weighted by atomic mass is 19.4. The third-order valence-electron chi connectivity index (χ3n) is 5.79. The Labute approximate surface area is 190 Å². The van der Waals surface area contributed by atoms with Gasteiger partial charge in [0.2, 0.25) is 5.88 Å². The molecule has 1 aromatic rings. The molecule has 1 aliphatic heterocycles. The predicted octanol–water partition coefficient (Wildman–Crippen LogP) is 3.83. The summed E-state index contributed by atoms with van der Waals surface area (Å²) >= 11 is 0.